The third-order valence-electron chi connectivity index (χ3n) is 3.09. The Kier molecular flexibility index (Phi) is 4.92. The maximum absolute atomic E-state index is 11.5. The lowest BCUT2D eigenvalue weighted by molar-refractivity contribution is -0.383. The summed E-state index contributed by atoms with van der Waals surface area (Å²) in [6, 6.07) is 9.88. The minimum Gasteiger partial charge on any atom is -0.334 e. The third-order valence-corrected chi connectivity index (χ3v) is 3.56. The largest absolute Gasteiger partial charge is 0.353 e. The van der Waals surface area contributed by atoms with Gasteiger partial charge in [-0.05, 0) is 36.4 Å². The molecule has 0 saturated carbocycles. The second-order valence-corrected chi connectivity index (χ2v) is 5.67. The molecule has 0 amide bonds. The van der Waals surface area contributed by atoms with Gasteiger partial charge in [-0.1, -0.05) is 23.2 Å². The van der Waals surface area contributed by atoms with E-state index in [4.69, 9.17) is 23.2 Å². The van der Waals surface area contributed by atoms with Crippen molar-refractivity contribution in [1.29, 1.82) is 0 Å². The summed E-state index contributed by atoms with van der Waals surface area (Å²) >= 11 is 11.6. The highest BCUT2D eigenvalue weighted by Crippen LogP contribution is 2.32. The standard InChI is InChI=1S/C15H10Cl2N6O2/c16-9-1-4-11(5-2-9)21-14-13(23(24)25)15(20-8-19-14)22-12-6-3-10(17)7-18-12/h1-8H,(H2,18,19,20,21,22). The minimum atomic E-state index is -0.573. The minimum absolute atomic E-state index is 0.00582. The topological polar surface area (TPSA) is 106 Å². The lowest BCUT2D eigenvalue weighted by atomic mass is 10.3. The maximum atomic E-state index is 11.5. The molecule has 2 aromatic heterocycles. The number of nitrogens with one attached hydrogen (secondary N) is 2. The number of nitrogens with zero attached hydrogens (tertiary/aromatic N) is 4. The van der Waals surface area contributed by atoms with Crippen LogP contribution >= 0.6 is 23.2 Å². The summed E-state index contributed by atoms with van der Waals surface area (Å²) in [5.74, 6) is 0.411. The summed E-state index contributed by atoms with van der Waals surface area (Å²) in [4.78, 5) is 22.9. The molecule has 25 heavy (non-hydrogen) atoms. The molecule has 0 unspecified atom stereocenters. The van der Waals surface area contributed by atoms with Gasteiger partial charge in [0.05, 0.1) is 9.95 Å². The highest BCUT2D eigenvalue weighted by Gasteiger charge is 2.23. The quantitative estimate of drug-likeness (QED) is 0.495. The highest BCUT2D eigenvalue weighted by atomic mass is 35.5. The first-order chi connectivity index (χ1) is 12.0. The molecule has 2 N–H and O–H groups in total. The van der Waals surface area contributed by atoms with Crippen molar-refractivity contribution in [2.75, 3.05) is 10.6 Å². The van der Waals surface area contributed by atoms with Crippen LogP contribution in [-0.4, -0.2) is 19.9 Å². The SMILES string of the molecule is O=[N+]([O-])c1c(Nc2ccc(Cl)cc2)ncnc1Nc1ccc(Cl)cn1. The van der Waals surface area contributed by atoms with Crippen LogP contribution in [0.1, 0.15) is 0 Å². The number of pyridine rings is 1. The van der Waals surface area contributed by atoms with Crippen molar-refractivity contribution >= 4 is 52.0 Å². The average Bonchev–Trinajstić information content (AvgIpc) is 2.59. The Hall–Kier alpha value is -2.97. The molecular formula is C15H10Cl2N6O2. The van der Waals surface area contributed by atoms with Gasteiger partial charge in [0.1, 0.15) is 12.1 Å². The molecule has 0 saturated heterocycles. The summed E-state index contributed by atoms with van der Waals surface area (Å²) in [6.07, 6.45) is 2.63. The van der Waals surface area contributed by atoms with Crippen molar-refractivity contribution in [3.63, 3.8) is 0 Å². The summed E-state index contributed by atoms with van der Waals surface area (Å²) in [6.45, 7) is 0. The van der Waals surface area contributed by atoms with Gasteiger partial charge in [-0.3, -0.25) is 10.1 Å². The van der Waals surface area contributed by atoms with E-state index in [-0.39, 0.29) is 17.3 Å². The smallest absolute Gasteiger partial charge is 0.334 e. The van der Waals surface area contributed by atoms with Crippen molar-refractivity contribution < 1.29 is 4.92 Å². The fraction of sp³-hybridized carbons (Fsp3) is 0. The Balaban J connectivity index is 1.94. The van der Waals surface area contributed by atoms with Crippen LogP contribution in [0.15, 0.2) is 48.9 Å². The number of hydrogen-bond acceptors (Lipinski definition) is 7. The maximum Gasteiger partial charge on any atom is 0.353 e. The van der Waals surface area contributed by atoms with E-state index in [9.17, 15) is 10.1 Å². The van der Waals surface area contributed by atoms with Gasteiger partial charge in [0.2, 0.25) is 11.6 Å². The molecule has 0 aliphatic heterocycles. The molecule has 126 valence electrons. The monoisotopic (exact) mass is 376 g/mol. The number of nitro groups is 1. The molecule has 0 atom stereocenters. The van der Waals surface area contributed by atoms with Crippen molar-refractivity contribution in [3.05, 3.63) is 69.1 Å². The second-order valence-electron chi connectivity index (χ2n) is 4.80. The third kappa shape index (κ3) is 4.11. The molecule has 0 fully saturated rings. The van der Waals surface area contributed by atoms with E-state index in [2.05, 4.69) is 25.6 Å². The summed E-state index contributed by atoms with van der Waals surface area (Å²) < 4.78 is 0. The van der Waals surface area contributed by atoms with Gasteiger partial charge in [0.15, 0.2) is 0 Å². The van der Waals surface area contributed by atoms with E-state index in [1.54, 1.807) is 36.4 Å². The fourth-order valence-electron chi connectivity index (χ4n) is 1.98. The van der Waals surface area contributed by atoms with Crippen LogP contribution in [0.5, 0.6) is 0 Å². The van der Waals surface area contributed by atoms with Crippen LogP contribution in [0.4, 0.5) is 28.8 Å². The number of halogens is 2. The van der Waals surface area contributed by atoms with Gasteiger partial charge >= 0.3 is 5.69 Å². The van der Waals surface area contributed by atoms with Crippen LogP contribution in [-0.2, 0) is 0 Å². The molecule has 0 radical (unpaired) electrons. The Bertz CT molecular complexity index is 837. The van der Waals surface area contributed by atoms with Crippen molar-refractivity contribution in [2.45, 2.75) is 0 Å². The van der Waals surface area contributed by atoms with Crippen LogP contribution in [0.2, 0.25) is 10.0 Å². The molecule has 2 heterocycles. The summed E-state index contributed by atoms with van der Waals surface area (Å²) in [5.41, 5.74) is 0.288. The number of aromatic nitrogens is 3. The van der Waals surface area contributed by atoms with E-state index in [0.717, 1.165) is 0 Å². The van der Waals surface area contributed by atoms with Gasteiger partial charge in [-0.15, -0.1) is 0 Å². The summed E-state index contributed by atoms with van der Waals surface area (Å²) in [5, 5.41) is 18.2. The van der Waals surface area contributed by atoms with Gasteiger partial charge in [0, 0.05) is 16.9 Å². The molecule has 0 spiro atoms. The molecular weight excluding hydrogens is 367 g/mol. The molecule has 0 bridgehead atoms. The first-order valence-corrected chi connectivity index (χ1v) is 7.69. The highest BCUT2D eigenvalue weighted by molar-refractivity contribution is 6.30. The molecule has 3 aromatic rings. The van der Waals surface area contributed by atoms with Crippen LogP contribution in [0.25, 0.3) is 0 Å². The Labute approximate surface area is 152 Å². The first-order valence-electron chi connectivity index (χ1n) is 6.93. The molecule has 3 rings (SSSR count). The van der Waals surface area contributed by atoms with Crippen LogP contribution < -0.4 is 10.6 Å². The van der Waals surface area contributed by atoms with Crippen molar-refractivity contribution in [2.24, 2.45) is 0 Å². The lowest BCUT2D eigenvalue weighted by Crippen LogP contribution is -2.06. The van der Waals surface area contributed by atoms with E-state index in [0.29, 0.717) is 21.6 Å². The fourth-order valence-corrected chi connectivity index (χ4v) is 2.21. The number of rotatable bonds is 5. The van der Waals surface area contributed by atoms with Gasteiger partial charge in [-0.2, -0.15) is 0 Å². The van der Waals surface area contributed by atoms with Crippen LogP contribution in [0.3, 0.4) is 0 Å². The Morgan fingerprint density at radius 3 is 2.12 bits per heavy atom. The normalized spacial score (nSPS) is 10.3. The van der Waals surface area contributed by atoms with E-state index in [1.165, 1.54) is 12.5 Å². The zero-order valence-electron chi connectivity index (χ0n) is 12.5. The number of anilines is 4. The van der Waals surface area contributed by atoms with E-state index < -0.39 is 4.92 Å². The van der Waals surface area contributed by atoms with Crippen LogP contribution in [0, 0.1) is 10.1 Å². The average molecular weight is 377 g/mol. The predicted molar refractivity (Wildman–Crippen MR) is 96.0 cm³/mol. The zero-order valence-corrected chi connectivity index (χ0v) is 14.0. The van der Waals surface area contributed by atoms with Gasteiger partial charge < -0.3 is 10.6 Å². The first kappa shape index (κ1) is 16.9. The Morgan fingerprint density at radius 1 is 0.880 bits per heavy atom. The molecule has 1 aromatic carbocycles. The van der Waals surface area contributed by atoms with Crippen molar-refractivity contribution in [1.82, 2.24) is 15.0 Å². The van der Waals surface area contributed by atoms with Crippen molar-refractivity contribution in [3.8, 4) is 0 Å². The second kappa shape index (κ2) is 7.29. The molecule has 10 heteroatoms. The van der Waals surface area contributed by atoms with Gasteiger partial charge in [0.25, 0.3) is 0 Å². The predicted octanol–water partition coefficient (Wildman–Crippen LogP) is 4.57. The Morgan fingerprint density at radius 2 is 1.52 bits per heavy atom. The summed E-state index contributed by atoms with van der Waals surface area (Å²) in [7, 11) is 0. The van der Waals surface area contributed by atoms with E-state index in [1.807, 2.05) is 0 Å². The molecule has 8 nitrogen and oxygen atoms in total. The number of benzene rings is 1. The zero-order chi connectivity index (χ0) is 17.8. The molecule has 0 aliphatic rings. The van der Waals surface area contributed by atoms with E-state index >= 15 is 0 Å². The number of hydrogen-bond donors (Lipinski definition) is 2. The molecule has 0 aliphatic carbocycles. The van der Waals surface area contributed by atoms with Gasteiger partial charge in [-0.25, -0.2) is 15.0 Å². The lowest BCUT2D eigenvalue weighted by Gasteiger charge is -2.09.